The fourth-order valence-corrected chi connectivity index (χ4v) is 0.339. The molecule has 0 heterocycles. The summed E-state index contributed by atoms with van der Waals surface area (Å²) in [5.74, 6) is -1.07. The summed E-state index contributed by atoms with van der Waals surface area (Å²) in [6, 6.07) is 0. The predicted octanol–water partition coefficient (Wildman–Crippen LogP) is -1.43. The zero-order valence-electron chi connectivity index (χ0n) is 5.53. The minimum atomic E-state index is -1.07. The summed E-state index contributed by atoms with van der Waals surface area (Å²) in [6.07, 6.45) is 2.13. The Morgan fingerprint density at radius 2 is 2.50 bits per heavy atom. The van der Waals surface area contributed by atoms with E-state index in [1.165, 1.54) is 13.2 Å². The number of hydrogen-bond donors (Lipinski definition) is 2. The maximum atomic E-state index is 10.3. The van der Waals surface area contributed by atoms with Crippen molar-refractivity contribution in [1.82, 2.24) is 0 Å². The molecule has 0 aromatic heterocycles. The zero-order chi connectivity index (χ0) is 7.98. The Kier molecular flexibility index (Phi) is 4.47. The summed E-state index contributed by atoms with van der Waals surface area (Å²) in [5, 5.41) is 17.9. The van der Waals surface area contributed by atoms with Crippen LogP contribution in [0.25, 0.3) is 0 Å². The molecule has 0 fully saturated rings. The third-order valence-corrected chi connectivity index (χ3v) is 0.773. The van der Waals surface area contributed by atoms with Crippen LogP contribution in [-0.4, -0.2) is 24.7 Å². The molecule has 10 heavy (non-hydrogen) atoms. The van der Waals surface area contributed by atoms with Gasteiger partial charge in [0.2, 0.25) is 0 Å². The maximum Gasteiger partial charge on any atom is 0.328 e. The van der Waals surface area contributed by atoms with Gasteiger partial charge in [0.15, 0.2) is 0 Å². The summed E-state index contributed by atoms with van der Waals surface area (Å²) in [6.45, 7) is 0.00278. The van der Waals surface area contributed by atoms with E-state index in [1.807, 2.05) is 0 Å². The lowest BCUT2D eigenvalue weighted by molar-refractivity contribution is -1.04. The van der Waals surface area contributed by atoms with E-state index >= 15 is 0 Å². The van der Waals surface area contributed by atoms with Crippen molar-refractivity contribution < 1.29 is 20.0 Å². The molecule has 1 unspecified atom stereocenters. The molecule has 5 heteroatoms. The Bertz CT molecular complexity index is 134. The molecule has 0 aromatic carbocycles. The van der Waals surface area contributed by atoms with E-state index in [2.05, 4.69) is 4.84 Å². The van der Waals surface area contributed by atoms with Crippen LogP contribution < -0.4 is 5.23 Å². The van der Waals surface area contributed by atoms with Crippen LogP contribution in [-0.2, 0) is 9.63 Å². The average Bonchev–Trinajstić information content (AvgIpc) is 1.87. The molecule has 0 aliphatic heterocycles. The van der Waals surface area contributed by atoms with Gasteiger partial charge in [-0.15, -0.1) is 0 Å². The molecular formula is C5H9NO4. The largest absolute Gasteiger partial charge is 0.600 e. The highest BCUT2D eigenvalue weighted by Gasteiger charge is 1.89. The maximum absolute atomic E-state index is 10.3. The Hall–Kier alpha value is -0.910. The molecule has 0 amide bonds. The van der Waals surface area contributed by atoms with Crippen molar-refractivity contribution in [1.29, 1.82) is 0 Å². The number of nitrogens with one attached hydrogen (secondary N) is 1. The van der Waals surface area contributed by atoms with Crippen LogP contribution in [0.3, 0.4) is 0 Å². The molecule has 0 aliphatic rings. The normalized spacial score (nSPS) is 13.8. The van der Waals surface area contributed by atoms with Crippen LogP contribution in [0.1, 0.15) is 0 Å². The number of hydrogen-bond acceptors (Lipinski definition) is 3. The van der Waals surface area contributed by atoms with Gasteiger partial charge in [0.25, 0.3) is 0 Å². The second-order valence-corrected chi connectivity index (χ2v) is 1.52. The van der Waals surface area contributed by atoms with Gasteiger partial charge in [0, 0.05) is 6.08 Å². The summed E-state index contributed by atoms with van der Waals surface area (Å²) in [4.78, 5) is 14.1. The standard InChI is InChI=1S/C5H9NO4/c1-10-6(9)4-2-3-5(7)8/h2-3,6H,4H2,1H3,(H,7,8). The first-order valence-electron chi connectivity index (χ1n) is 2.63. The van der Waals surface area contributed by atoms with Crippen molar-refractivity contribution in [3.05, 3.63) is 17.4 Å². The number of rotatable bonds is 4. The van der Waals surface area contributed by atoms with Gasteiger partial charge in [0.05, 0.1) is 7.11 Å². The van der Waals surface area contributed by atoms with Gasteiger partial charge in [-0.3, -0.25) is 0 Å². The number of carboxylic acids is 1. The minimum absolute atomic E-state index is 0.00278. The van der Waals surface area contributed by atoms with Crippen molar-refractivity contribution in [2.45, 2.75) is 0 Å². The summed E-state index contributed by atoms with van der Waals surface area (Å²) in [7, 11) is 1.25. The van der Waals surface area contributed by atoms with Crippen LogP contribution in [0.5, 0.6) is 0 Å². The van der Waals surface area contributed by atoms with Crippen LogP contribution in [0, 0.1) is 5.21 Å². The fourth-order valence-electron chi connectivity index (χ4n) is 0.339. The Labute approximate surface area is 58.0 Å². The molecule has 0 spiro atoms. The first-order chi connectivity index (χ1) is 4.66. The topological polar surface area (TPSA) is 74.0 Å². The molecule has 58 valence electrons. The van der Waals surface area contributed by atoms with E-state index in [0.29, 0.717) is 0 Å². The van der Waals surface area contributed by atoms with E-state index in [0.717, 1.165) is 6.08 Å². The predicted molar refractivity (Wildman–Crippen MR) is 33.0 cm³/mol. The first kappa shape index (κ1) is 9.09. The zero-order valence-corrected chi connectivity index (χ0v) is 5.53. The smallest absolute Gasteiger partial charge is 0.328 e. The van der Waals surface area contributed by atoms with E-state index in [4.69, 9.17) is 5.11 Å². The van der Waals surface area contributed by atoms with Gasteiger partial charge in [-0.25, -0.2) is 14.9 Å². The lowest BCUT2D eigenvalue weighted by atomic mass is 10.5. The van der Waals surface area contributed by atoms with Crippen molar-refractivity contribution in [2.24, 2.45) is 0 Å². The van der Waals surface area contributed by atoms with Crippen LogP contribution in [0.4, 0.5) is 0 Å². The molecule has 5 nitrogen and oxygen atoms in total. The lowest BCUT2D eigenvalue weighted by Crippen LogP contribution is -3.05. The molecule has 2 N–H and O–H groups in total. The quantitative estimate of drug-likeness (QED) is 0.377. The summed E-state index contributed by atoms with van der Waals surface area (Å²) < 4.78 is 0. The molecular weight excluding hydrogens is 138 g/mol. The Morgan fingerprint density at radius 1 is 1.90 bits per heavy atom. The van der Waals surface area contributed by atoms with Gasteiger partial charge < -0.3 is 10.3 Å². The second-order valence-electron chi connectivity index (χ2n) is 1.52. The molecule has 1 atom stereocenters. The second kappa shape index (κ2) is 4.92. The van der Waals surface area contributed by atoms with Crippen LogP contribution in [0.2, 0.25) is 0 Å². The number of carboxylic acid groups (broad SMARTS) is 1. The molecule has 0 saturated carbocycles. The van der Waals surface area contributed by atoms with Gasteiger partial charge in [-0.05, 0) is 6.08 Å². The van der Waals surface area contributed by atoms with Crippen LogP contribution >= 0.6 is 0 Å². The van der Waals surface area contributed by atoms with Crippen molar-refractivity contribution in [2.75, 3.05) is 13.7 Å². The number of quaternary nitrogens is 1. The average molecular weight is 147 g/mol. The van der Waals surface area contributed by atoms with Gasteiger partial charge in [-0.1, -0.05) is 0 Å². The fraction of sp³-hybridized carbons (Fsp3) is 0.400. The molecule has 0 aromatic rings. The third kappa shape index (κ3) is 5.23. The monoisotopic (exact) mass is 147 g/mol. The van der Waals surface area contributed by atoms with Crippen molar-refractivity contribution in [3.63, 3.8) is 0 Å². The van der Waals surface area contributed by atoms with Gasteiger partial charge in [-0.2, -0.15) is 0 Å². The number of hydroxylamine groups is 2. The van der Waals surface area contributed by atoms with E-state index in [-0.39, 0.29) is 6.54 Å². The van der Waals surface area contributed by atoms with E-state index in [9.17, 15) is 10.0 Å². The lowest BCUT2D eigenvalue weighted by Gasteiger charge is -2.13. The highest BCUT2D eigenvalue weighted by atomic mass is 16.9. The summed E-state index contributed by atoms with van der Waals surface area (Å²) >= 11 is 0. The van der Waals surface area contributed by atoms with Crippen molar-refractivity contribution >= 4 is 5.97 Å². The molecule has 0 radical (unpaired) electrons. The third-order valence-electron chi connectivity index (χ3n) is 0.773. The first-order valence-corrected chi connectivity index (χ1v) is 2.63. The van der Waals surface area contributed by atoms with Gasteiger partial charge in [0.1, 0.15) is 6.54 Å². The van der Waals surface area contributed by atoms with Crippen molar-refractivity contribution in [3.8, 4) is 0 Å². The van der Waals surface area contributed by atoms with Crippen LogP contribution in [0.15, 0.2) is 12.2 Å². The minimum Gasteiger partial charge on any atom is -0.600 e. The molecule has 0 saturated heterocycles. The van der Waals surface area contributed by atoms with E-state index in [1.54, 1.807) is 0 Å². The number of aliphatic carboxylic acids is 1. The highest BCUT2D eigenvalue weighted by molar-refractivity contribution is 5.79. The Morgan fingerprint density at radius 3 is 2.90 bits per heavy atom. The van der Waals surface area contributed by atoms with E-state index < -0.39 is 11.2 Å². The highest BCUT2D eigenvalue weighted by Crippen LogP contribution is 1.66. The molecule has 0 rings (SSSR count). The van der Waals surface area contributed by atoms with Gasteiger partial charge >= 0.3 is 5.97 Å². The number of carbonyl (C=O) groups is 1. The molecule has 0 bridgehead atoms. The Balaban J connectivity index is 3.43. The molecule has 0 aliphatic carbocycles. The SMILES string of the molecule is CO[NH+]([O-])CC=CC(=O)O. The summed E-state index contributed by atoms with van der Waals surface area (Å²) in [5.41, 5.74) is 0.